The third-order valence-electron chi connectivity index (χ3n) is 6.33. The van der Waals surface area contributed by atoms with Gasteiger partial charge in [-0.25, -0.2) is 9.79 Å². The van der Waals surface area contributed by atoms with Crippen molar-refractivity contribution in [1.29, 1.82) is 0 Å². The number of benzene rings is 2. The minimum atomic E-state index is -0.653. The van der Waals surface area contributed by atoms with Crippen molar-refractivity contribution < 1.29 is 19.0 Å². The number of halogens is 1. The number of hydrogen-bond acceptors (Lipinski definition) is 7. The first-order chi connectivity index (χ1) is 18.7. The second-order valence-electron chi connectivity index (χ2n) is 9.26. The van der Waals surface area contributed by atoms with Crippen LogP contribution in [0.1, 0.15) is 56.3 Å². The number of ether oxygens (including phenoxy) is 3. The van der Waals surface area contributed by atoms with E-state index in [-0.39, 0.29) is 12.2 Å². The Labute approximate surface area is 239 Å². The lowest BCUT2D eigenvalue weighted by Crippen LogP contribution is -2.39. The SMILES string of the molecule is C=CCOc1c(Br)cc(/C=c2\sc3n(c2=O)[C@H](c2ccc(C(C)C)cc2)C(C(=O)OCC)=C(C)N=3)cc1OC. The van der Waals surface area contributed by atoms with E-state index in [2.05, 4.69) is 41.3 Å². The third-order valence-corrected chi connectivity index (χ3v) is 7.90. The van der Waals surface area contributed by atoms with Gasteiger partial charge in [-0.3, -0.25) is 9.36 Å². The summed E-state index contributed by atoms with van der Waals surface area (Å²) < 4.78 is 19.4. The Morgan fingerprint density at radius 1 is 1.26 bits per heavy atom. The molecule has 0 fully saturated rings. The van der Waals surface area contributed by atoms with Crippen molar-refractivity contribution in [3.05, 3.63) is 101 Å². The molecule has 204 valence electrons. The van der Waals surface area contributed by atoms with E-state index in [0.29, 0.717) is 49.1 Å². The molecule has 4 rings (SSSR count). The summed E-state index contributed by atoms with van der Waals surface area (Å²) in [5.41, 5.74) is 3.39. The quantitative estimate of drug-likeness (QED) is 0.244. The monoisotopic (exact) mass is 610 g/mol. The van der Waals surface area contributed by atoms with Crippen molar-refractivity contribution in [3.63, 3.8) is 0 Å². The number of rotatable bonds is 9. The van der Waals surface area contributed by atoms with Gasteiger partial charge in [0.2, 0.25) is 0 Å². The van der Waals surface area contributed by atoms with Crippen LogP contribution in [0.5, 0.6) is 11.5 Å². The first-order valence-electron chi connectivity index (χ1n) is 12.6. The van der Waals surface area contributed by atoms with Gasteiger partial charge in [0.25, 0.3) is 5.56 Å². The number of aromatic nitrogens is 1. The lowest BCUT2D eigenvalue weighted by atomic mass is 9.93. The van der Waals surface area contributed by atoms with E-state index in [1.54, 1.807) is 43.7 Å². The van der Waals surface area contributed by atoms with Gasteiger partial charge in [0.1, 0.15) is 6.61 Å². The number of esters is 1. The maximum Gasteiger partial charge on any atom is 0.338 e. The Bertz CT molecular complexity index is 1620. The first kappa shape index (κ1) is 28.6. The highest BCUT2D eigenvalue weighted by Gasteiger charge is 2.33. The van der Waals surface area contributed by atoms with Crippen molar-refractivity contribution >= 4 is 39.3 Å². The molecule has 0 unspecified atom stereocenters. The molecule has 1 atom stereocenters. The average molecular weight is 612 g/mol. The molecular formula is C30H31BrN2O5S. The lowest BCUT2D eigenvalue weighted by Gasteiger charge is -2.25. The molecule has 9 heteroatoms. The van der Waals surface area contributed by atoms with Gasteiger partial charge in [-0.1, -0.05) is 62.1 Å². The third kappa shape index (κ3) is 5.79. The van der Waals surface area contributed by atoms with Crippen LogP contribution in [0.25, 0.3) is 6.08 Å². The van der Waals surface area contributed by atoms with E-state index >= 15 is 0 Å². The number of carbonyl (C=O) groups excluding carboxylic acids is 1. The summed E-state index contributed by atoms with van der Waals surface area (Å²) in [7, 11) is 1.56. The molecule has 0 radical (unpaired) electrons. The van der Waals surface area contributed by atoms with E-state index < -0.39 is 12.0 Å². The molecule has 2 heterocycles. The lowest BCUT2D eigenvalue weighted by molar-refractivity contribution is -0.139. The summed E-state index contributed by atoms with van der Waals surface area (Å²) in [6.07, 6.45) is 3.44. The van der Waals surface area contributed by atoms with E-state index in [0.717, 1.165) is 11.1 Å². The fraction of sp³-hybridized carbons (Fsp3) is 0.300. The zero-order valence-electron chi connectivity index (χ0n) is 22.6. The van der Waals surface area contributed by atoms with Crippen LogP contribution in [0.3, 0.4) is 0 Å². The summed E-state index contributed by atoms with van der Waals surface area (Å²) in [5.74, 6) is 0.951. The molecule has 1 aromatic heterocycles. The fourth-order valence-corrected chi connectivity index (χ4v) is 6.05. The summed E-state index contributed by atoms with van der Waals surface area (Å²) in [6.45, 7) is 12.0. The van der Waals surface area contributed by atoms with Gasteiger partial charge in [-0.05, 0) is 70.6 Å². The van der Waals surface area contributed by atoms with Gasteiger partial charge >= 0.3 is 5.97 Å². The molecular weight excluding hydrogens is 580 g/mol. The van der Waals surface area contributed by atoms with Crippen molar-refractivity contribution in [1.82, 2.24) is 4.57 Å². The van der Waals surface area contributed by atoms with E-state index in [4.69, 9.17) is 14.2 Å². The highest BCUT2D eigenvalue weighted by molar-refractivity contribution is 9.10. The maximum absolute atomic E-state index is 13.9. The molecule has 1 aliphatic rings. The Morgan fingerprint density at radius 2 is 1.97 bits per heavy atom. The molecule has 0 N–H and O–H groups in total. The molecule has 0 saturated heterocycles. The van der Waals surface area contributed by atoms with E-state index in [1.165, 1.54) is 16.9 Å². The van der Waals surface area contributed by atoms with Crippen molar-refractivity contribution in [2.45, 2.75) is 39.7 Å². The Hall–Kier alpha value is -3.43. The van der Waals surface area contributed by atoms with Gasteiger partial charge in [0.15, 0.2) is 16.3 Å². The van der Waals surface area contributed by atoms with Crippen LogP contribution in [0.4, 0.5) is 0 Å². The Kier molecular flexibility index (Phi) is 8.92. The summed E-state index contributed by atoms with van der Waals surface area (Å²) >= 11 is 4.82. The number of hydrogen-bond donors (Lipinski definition) is 0. The van der Waals surface area contributed by atoms with Crippen LogP contribution in [0.15, 0.2) is 74.6 Å². The molecule has 3 aromatic rings. The number of fused-ring (bicyclic) bond motifs is 1. The van der Waals surface area contributed by atoms with Crippen molar-refractivity contribution in [2.24, 2.45) is 4.99 Å². The molecule has 0 amide bonds. The molecule has 0 aliphatic carbocycles. The summed E-state index contributed by atoms with van der Waals surface area (Å²) in [4.78, 5) is 32.2. The molecule has 0 saturated carbocycles. The molecule has 0 bridgehead atoms. The summed E-state index contributed by atoms with van der Waals surface area (Å²) in [5, 5.41) is 0. The standard InChI is InChI=1S/C30H31BrN2O5S/c1-7-13-38-27-22(31)14-19(15-23(27)36-6)16-24-28(34)33-26(21-11-9-20(10-12-21)17(3)4)25(29(35)37-8-2)18(5)32-30(33)39-24/h7,9-12,14-17,26H,1,8,13H2,2-6H3/b24-16-/t26-/m1/s1. The normalized spacial score (nSPS) is 15.2. The maximum atomic E-state index is 13.9. The van der Waals surface area contributed by atoms with Gasteiger partial charge in [-0.2, -0.15) is 0 Å². The van der Waals surface area contributed by atoms with Crippen molar-refractivity contribution in [2.75, 3.05) is 20.3 Å². The highest BCUT2D eigenvalue weighted by atomic mass is 79.9. The van der Waals surface area contributed by atoms with Crippen LogP contribution in [-0.2, 0) is 9.53 Å². The van der Waals surface area contributed by atoms with Gasteiger partial charge in [0.05, 0.1) is 40.0 Å². The zero-order chi connectivity index (χ0) is 28.3. The van der Waals surface area contributed by atoms with Gasteiger partial charge in [-0.15, -0.1) is 0 Å². The zero-order valence-corrected chi connectivity index (χ0v) is 25.0. The van der Waals surface area contributed by atoms with Crippen LogP contribution >= 0.6 is 27.3 Å². The molecule has 7 nitrogen and oxygen atoms in total. The number of nitrogens with zero attached hydrogens (tertiary/aromatic N) is 2. The minimum absolute atomic E-state index is 0.224. The second kappa shape index (κ2) is 12.2. The number of carbonyl (C=O) groups is 1. The van der Waals surface area contributed by atoms with Gasteiger partial charge < -0.3 is 14.2 Å². The molecule has 39 heavy (non-hydrogen) atoms. The van der Waals surface area contributed by atoms with Crippen molar-refractivity contribution in [3.8, 4) is 11.5 Å². The predicted octanol–water partition coefficient (Wildman–Crippen LogP) is 5.26. The molecule has 1 aliphatic heterocycles. The average Bonchev–Trinajstić information content (AvgIpc) is 3.21. The smallest absolute Gasteiger partial charge is 0.338 e. The largest absolute Gasteiger partial charge is 0.493 e. The first-order valence-corrected chi connectivity index (χ1v) is 14.2. The number of methoxy groups -OCH3 is 1. The highest BCUT2D eigenvalue weighted by Crippen LogP contribution is 2.37. The molecule has 2 aromatic carbocycles. The Balaban J connectivity index is 1.89. The predicted molar refractivity (Wildman–Crippen MR) is 157 cm³/mol. The summed E-state index contributed by atoms with van der Waals surface area (Å²) in [6, 6.07) is 11.0. The molecule has 0 spiro atoms. The minimum Gasteiger partial charge on any atom is -0.493 e. The van der Waals surface area contributed by atoms with E-state index in [9.17, 15) is 9.59 Å². The van der Waals surface area contributed by atoms with Gasteiger partial charge in [0, 0.05) is 0 Å². The second-order valence-corrected chi connectivity index (χ2v) is 11.1. The Morgan fingerprint density at radius 3 is 2.59 bits per heavy atom. The number of allylic oxidation sites excluding steroid dienone is 1. The fourth-order valence-electron chi connectivity index (χ4n) is 4.43. The van der Waals surface area contributed by atoms with Crippen LogP contribution in [0.2, 0.25) is 0 Å². The topological polar surface area (TPSA) is 79.1 Å². The van der Waals surface area contributed by atoms with Crippen LogP contribution in [0, 0.1) is 0 Å². The van der Waals surface area contributed by atoms with Crippen LogP contribution in [-0.4, -0.2) is 30.9 Å². The van der Waals surface area contributed by atoms with Crippen LogP contribution < -0.4 is 24.4 Å². The number of thiazole rings is 1. The van der Waals surface area contributed by atoms with E-state index in [1.807, 2.05) is 30.3 Å².